The summed E-state index contributed by atoms with van der Waals surface area (Å²) in [6.45, 7) is 3.47. The Labute approximate surface area is 81.8 Å². The van der Waals surface area contributed by atoms with E-state index in [2.05, 4.69) is 0 Å². The second-order valence-electron chi connectivity index (χ2n) is 3.76. The summed E-state index contributed by atoms with van der Waals surface area (Å²) in [5, 5.41) is 0. The maximum atomic E-state index is 12.2. The van der Waals surface area contributed by atoms with Crippen LogP contribution in [0.2, 0.25) is 0 Å². The van der Waals surface area contributed by atoms with Gasteiger partial charge in [0.25, 0.3) is 0 Å². The van der Waals surface area contributed by atoms with Crippen molar-refractivity contribution in [3.63, 3.8) is 0 Å². The number of ether oxygens (including phenoxy) is 1. The highest BCUT2D eigenvalue weighted by Crippen LogP contribution is 2.26. The topological polar surface area (TPSA) is 47.3 Å². The minimum Gasteiger partial charge on any atom is -0.379 e. The van der Waals surface area contributed by atoms with Gasteiger partial charge in [0.1, 0.15) is 6.04 Å². The van der Waals surface area contributed by atoms with Crippen molar-refractivity contribution in [3.8, 4) is 0 Å². The monoisotopic (exact) mass is 214 g/mol. The quantitative estimate of drug-likeness (QED) is 0.539. The fourth-order valence-corrected chi connectivity index (χ4v) is 0.935. The average Bonchev–Trinajstić information content (AvgIpc) is 2.03. The summed E-state index contributed by atoms with van der Waals surface area (Å²) < 4.78 is 41.7. The van der Waals surface area contributed by atoms with Gasteiger partial charge in [-0.05, 0) is 26.7 Å². The summed E-state index contributed by atoms with van der Waals surface area (Å²) in [5.74, 6) is 4.82. The summed E-state index contributed by atoms with van der Waals surface area (Å²) >= 11 is 0. The van der Waals surface area contributed by atoms with Gasteiger partial charge in [-0.3, -0.25) is 5.84 Å². The molecule has 0 spiro atoms. The maximum Gasteiger partial charge on any atom is 0.405 e. The van der Waals surface area contributed by atoms with Gasteiger partial charge in [0.05, 0.1) is 5.60 Å². The Kier molecular flexibility index (Phi) is 4.83. The van der Waals surface area contributed by atoms with Crippen molar-refractivity contribution < 1.29 is 17.9 Å². The van der Waals surface area contributed by atoms with Crippen molar-refractivity contribution in [1.29, 1.82) is 0 Å². The molecule has 3 nitrogen and oxygen atoms in total. The number of nitrogens with two attached hydrogens (primary N) is 1. The number of rotatable bonds is 5. The zero-order chi connectivity index (χ0) is 11.4. The van der Waals surface area contributed by atoms with E-state index in [1.54, 1.807) is 19.3 Å². The maximum absolute atomic E-state index is 12.2. The van der Waals surface area contributed by atoms with E-state index in [0.717, 1.165) is 0 Å². The highest BCUT2D eigenvalue weighted by atomic mass is 19.4. The highest BCUT2D eigenvalue weighted by molar-refractivity contribution is 4.77. The van der Waals surface area contributed by atoms with Crippen LogP contribution in [0.4, 0.5) is 13.2 Å². The Balaban J connectivity index is 4.10. The number of hydrogen-bond donors (Lipinski definition) is 2. The van der Waals surface area contributed by atoms with Crippen LogP contribution in [0.1, 0.15) is 26.7 Å². The van der Waals surface area contributed by atoms with Gasteiger partial charge in [-0.2, -0.15) is 13.2 Å². The van der Waals surface area contributed by atoms with Gasteiger partial charge in [0.15, 0.2) is 0 Å². The molecule has 0 saturated carbocycles. The van der Waals surface area contributed by atoms with Gasteiger partial charge >= 0.3 is 6.18 Å². The second kappa shape index (κ2) is 4.95. The molecule has 0 aromatic rings. The molecular formula is C8H17F3N2O. The van der Waals surface area contributed by atoms with E-state index in [9.17, 15) is 13.2 Å². The van der Waals surface area contributed by atoms with Crippen LogP contribution in [0.3, 0.4) is 0 Å². The first-order valence-electron chi connectivity index (χ1n) is 4.31. The van der Waals surface area contributed by atoms with Crippen LogP contribution in [0.15, 0.2) is 0 Å². The predicted molar refractivity (Wildman–Crippen MR) is 47.5 cm³/mol. The molecule has 0 aliphatic carbocycles. The summed E-state index contributed by atoms with van der Waals surface area (Å²) in [5.41, 5.74) is 1.20. The number of hydrogen-bond acceptors (Lipinski definition) is 3. The largest absolute Gasteiger partial charge is 0.405 e. The molecule has 6 heteroatoms. The second-order valence-corrected chi connectivity index (χ2v) is 3.76. The van der Waals surface area contributed by atoms with Gasteiger partial charge in [0, 0.05) is 7.11 Å². The van der Waals surface area contributed by atoms with Gasteiger partial charge in [-0.1, -0.05) is 0 Å². The summed E-state index contributed by atoms with van der Waals surface area (Å²) in [7, 11) is 1.47. The van der Waals surface area contributed by atoms with Crippen molar-refractivity contribution in [1.82, 2.24) is 5.43 Å². The fraction of sp³-hybridized carbons (Fsp3) is 1.00. The van der Waals surface area contributed by atoms with Crippen LogP contribution in [0.25, 0.3) is 0 Å². The molecule has 86 valence electrons. The van der Waals surface area contributed by atoms with Crippen LogP contribution in [-0.4, -0.2) is 24.9 Å². The molecule has 0 saturated heterocycles. The van der Waals surface area contributed by atoms with E-state index in [0.29, 0.717) is 0 Å². The lowest BCUT2D eigenvalue weighted by Gasteiger charge is -2.26. The molecule has 1 atom stereocenters. The zero-order valence-corrected chi connectivity index (χ0v) is 8.61. The van der Waals surface area contributed by atoms with Gasteiger partial charge in [0.2, 0.25) is 0 Å². The molecule has 3 N–H and O–H groups in total. The normalized spacial score (nSPS) is 15.6. The van der Waals surface area contributed by atoms with Gasteiger partial charge in [-0.15, -0.1) is 0 Å². The minimum atomic E-state index is -4.31. The van der Waals surface area contributed by atoms with E-state index in [1.165, 1.54) is 7.11 Å². The van der Waals surface area contributed by atoms with E-state index in [4.69, 9.17) is 10.6 Å². The Morgan fingerprint density at radius 1 is 1.36 bits per heavy atom. The fourth-order valence-electron chi connectivity index (χ4n) is 0.935. The molecule has 0 aliphatic heterocycles. The summed E-state index contributed by atoms with van der Waals surface area (Å²) in [6, 6.07) is -1.67. The lowest BCUT2D eigenvalue weighted by molar-refractivity contribution is -0.160. The smallest absolute Gasteiger partial charge is 0.379 e. The molecule has 0 aliphatic rings. The summed E-state index contributed by atoms with van der Waals surface area (Å²) in [6.07, 6.45) is -4.11. The van der Waals surface area contributed by atoms with E-state index < -0.39 is 17.8 Å². The van der Waals surface area contributed by atoms with Crippen molar-refractivity contribution in [2.75, 3.05) is 7.11 Å². The molecule has 0 aromatic heterocycles. The van der Waals surface area contributed by atoms with Crippen LogP contribution in [-0.2, 0) is 4.74 Å². The molecule has 0 rings (SSSR count). The Morgan fingerprint density at radius 2 is 1.86 bits per heavy atom. The first-order valence-corrected chi connectivity index (χ1v) is 4.31. The van der Waals surface area contributed by atoms with Gasteiger partial charge in [-0.25, -0.2) is 5.43 Å². The van der Waals surface area contributed by atoms with Gasteiger partial charge < -0.3 is 4.74 Å². The summed E-state index contributed by atoms with van der Waals surface area (Å²) in [4.78, 5) is 0. The van der Waals surface area contributed by atoms with Crippen molar-refractivity contribution >= 4 is 0 Å². The zero-order valence-electron chi connectivity index (χ0n) is 8.61. The van der Waals surface area contributed by atoms with E-state index in [-0.39, 0.29) is 12.8 Å². The molecule has 0 radical (unpaired) electrons. The van der Waals surface area contributed by atoms with Crippen molar-refractivity contribution in [2.24, 2.45) is 5.84 Å². The van der Waals surface area contributed by atoms with Crippen LogP contribution in [0, 0.1) is 0 Å². The number of methoxy groups -OCH3 is 1. The average molecular weight is 214 g/mol. The highest BCUT2D eigenvalue weighted by Gasteiger charge is 2.39. The standard InChI is InChI=1S/C8H17F3N2O/c1-7(2,14-3)5-4-6(13-12)8(9,10)11/h6,13H,4-5,12H2,1-3H3. The van der Waals surface area contributed by atoms with Crippen molar-refractivity contribution in [2.45, 2.75) is 44.5 Å². The Hall–Kier alpha value is -0.330. The number of nitrogens with one attached hydrogen (secondary N) is 1. The Bertz CT molecular complexity index is 170. The van der Waals surface area contributed by atoms with Crippen LogP contribution < -0.4 is 11.3 Å². The molecule has 0 amide bonds. The predicted octanol–water partition coefficient (Wildman–Crippen LogP) is 1.59. The van der Waals surface area contributed by atoms with E-state index in [1.807, 2.05) is 0 Å². The molecule has 1 unspecified atom stereocenters. The van der Waals surface area contributed by atoms with Crippen LogP contribution in [0.5, 0.6) is 0 Å². The molecule has 14 heavy (non-hydrogen) atoms. The third-order valence-electron chi connectivity index (χ3n) is 2.18. The number of hydrazine groups is 1. The molecular weight excluding hydrogens is 197 g/mol. The lowest BCUT2D eigenvalue weighted by atomic mass is 9.99. The van der Waals surface area contributed by atoms with Crippen LogP contribution >= 0.6 is 0 Å². The molecule has 0 fully saturated rings. The minimum absolute atomic E-state index is 0.0964. The molecule has 0 heterocycles. The van der Waals surface area contributed by atoms with Crippen molar-refractivity contribution in [3.05, 3.63) is 0 Å². The SMILES string of the molecule is COC(C)(C)CCC(NN)C(F)(F)F. The first-order chi connectivity index (χ1) is 6.23. The Morgan fingerprint density at radius 3 is 2.14 bits per heavy atom. The number of halogens is 3. The lowest BCUT2D eigenvalue weighted by Crippen LogP contribution is -2.47. The first kappa shape index (κ1) is 13.7. The third kappa shape index (κ3) is 4.78. The van der Waals surface area contributed by atoms with E-state index >= 15 is 0 Å². The third-order valence-corrected chi connectivity index (χ3v) is 2.18. The molecule has 0 aromatic carbocycles. The number of alkyl halides is 3. The molecule has 0 bridgehead atoms.